The maximum atomic E-state index is 6.02. The smallest absolute Gasteiger partial charge is 0.376 e. The van der Waals surface area contributed by atoms with Gasteiger partial charge < -0.3 is 13.3 Å². The Bertz CT molecular complexity index is 500. The molecule has 24 heavy (non-hydrogen) atoms. The molecule has 4 heteroatoms. The van der Waals surface area contributed by atoms with Crippen LogP contribution >= 0.6 is 0 Å². The third-order valence-electron chi connectivity index (χ3n) is 3.81. The van der Waals surface area contributed by atoms with Crippen molar-refractivity contribution in [2.24, 2.45) is 5.92 Å². The molecule has 0 N–H and O–H groups in total. The molecule has 0 radical (unpaired) electrons. The third kappa shape index (κ3) is 6.97. The quantitative estimate of drug-likeness (QED) is 0.579. The Morgan fingerprint density at radius 1 is 0.708 bits per heavy atom. The molecule has 2 rings (SSSR count). The molecule has 0 aliphatic rings. The van der Waals surface area contributed by atoms with E-state index < -0.39 is 9.53 Å². The Morgan fingerprint density at radius 2 is 1.17 bits per heavy atom. The summed E-state index contributed by atoms with van der Waals surface area (Å²) in [6.07, 6.45) is 1.99. The molecule has 3 nitrogen and oxygen atoms in total. The highest BCUT2D eigenvalue weighted by molar-refractivity contribution is 6.36. The summed E-state index contributed by atoms with van der Waals surface area (Å²) in [5.41, 5.74) is 2.68. The molecular weight excluding hydrogens is 316 g/mol. The minimum Gasteiger partial charge on any atom is -0.376 e. The van der Waals surface area contributed by atoms with Crippen LogP contribution in [0, 0.1) is 5.92 Å². The number of hydrogen-bond donors (Lipinski definition) is 0. The minimum absolute atomic E-state index is 0.408. The van der Waals surface area contributed by atoms with Gasteiger partial charge in [0.25, 0.3) is 0 Å². The SMILES string of the molecule is CCO[SiH](OCC)OCC(Cc1ccccc1)Cc1ccccc1. The lowest BCUT2D eigenvalue weighted by molar-refractivity contribution is 0.0872. The van der Waals surface area contributed by atoms with Crippen molar-refractivity contribution >= 4 is 9.53 Å². The molecule has 0 atom stereocenters. The Labute approximate surface area is 147 Å². The van der Waals surface area contributed by atoms with Crippen LogP contribution in [0.4, 0.5) is 0 Å². The van der Waals surface area contributed by atoms with Gasteiger partial charge in [-0.05, 0) is 43.7 Å². The predicted octanol–water partition coefficient (Wildman–Crippen LogP) is 3.89. The maximum Gasteiger partial charge on any atom is 0.484 e. The van der Waals surface area contributed by atoms with Crippen LogP contribution in [0.25, 0.3) is 0 Å². The zero-order valence-corrected chi connectivity index (χ0v) is 15.8. The van der Waals surface area contributed by atoms with Gasteiger partial charge in [-0.25, -0.2) is 0 Å². The number of benzene rings is 2. The zero-order valence-electron chi connectivity index (χ0n) is 14.7. The summed E-state index contributed by atoms with van der Waals surface area (Å²) in [4.78, 5) is 0. The van der Waals surface area contributed by atoms with E-state index in [2.05, 4.69) is 60.7 Å². The van der Waals surface area contributed by atoms with Crippen molar-refractivity contribution in [3.63, 3.8) is 0 Å². The van der Waals surface area contributed by atoms with Crippen molar-refractivity contribution in [1.29, 1.82) is 0 Å². The van der Waals surface area contributed by atoms with E-state index in [1.54, 1.807) is 0 Å². The summed E-state index contributed by atoms with van der Waals surface area (Å²) in [6.45, 7) is 5.90. The molecule has 130 valence electrons. The average Bonchev–Trinajstić information content (AvgIpc) is 2.61. The van der Waals surface area contributed by atoms with Gasteiger partial charge in [-0.2, -0.15) is 0 Å². The lowest BCUT2D eigenvalue weighted by Crippen LogP contribution is -2.30. The Balaban J connectivity index is 1.98. The van der Waals surface area contributed by atoms with Crippen LogP contribution in [0.15, 0.2) is 60.7 Å². The molecule has 0 aliphatic heterocycles. The molecule has 0 heterocycles. The normalized spacial score (nSPS) is 11.3. The highest BCUT2D eigenvalue weighted by Gasteiger charge is 2.18. The van der Waals surface area contributed by atoms with Gasteiger partial charge in [-0.1, -0.05) is 60.7 Å². The van der Waals surface area contributed by atoms with Gasteiger partial charge in [-0.15, -0.1) is 0 Å². The van der Waals surface area contributed by atoms with E-state index in [0.29, 0.717) is 25.7 Å². The second kappa shape index (κ2) is 11.2. The zero-order chi connectivity index (χ0) is 17.0. The molecule has 0 unspecified atom stereocenters. The van der Waals surface area contributed by atoms with Crippen LogP contribution in [0.2, 0.25) is 0 Å². The molecule has 0 aromatic heterocycles. The summed E-state index contributed by atoms with van der Waals surface area (Å²) in [7, 11) is -2.01. The standard InChI is InChI=1S/C20H28O3Si/c1-3-21-24(22-4-2)23-17-20(15-18-11-7-5-8-12-18)16-19-13-9-6-10-14-19/h5-14,20,24H,3-4,15-17H2,1-2H3. The van der Waals surface area contributed by atoms with Gasteiger partial charge in [0.2, 0.25) is 0 Å². The van der Waals surface area contributed by atoms with Crippen LogP contribution in [0.1, 0.15) is 25.0 Å². The molecule has 0 bridgehead atoms. The highest BCUT2D eigenvalue weighted by atomic mass is 28.3. The van der Waals surface area contributed by atoms with Crippen molar-refractivity contribution in [2.75, 3.05) is 19.8 Å². The summed E-state index contributed by atoms with van der Waals surface area (Å²) < 4.78 is 17.3. The Morgan fingerprint density at radius 3 is 1.58 bits per heavy atom. The van der Waals surface area contributed by atoms with Crippen LogP contribution < -0.4 is 0 Å². The monoisotopic (exact) mass is 344 g/mol. The van der Waals surface area contributed by atoms with Gasteiger partial charge in [-0.3, -0.25) is 0 Å². The van der Waals surface area contributed by atoms with Crippen LogP contribution in [-0.4, -0.2) is 29.3 Å². The Kier molecular flexibility index (Phi) is 8.77. The van der Waals surface area contributed by atoms with Gasteiger partial charge in [0.05, 0.1) is 0 Å². The lowest BCUT2D eigenvalue weighted by atomic mass is 9.93. The van der Waals surface area contributed by atoms with E-state index in [9.17, 15) is 0 Å². The van der Waals surface area contributed by atoms with Crippen molar-refractivity contribution < 1.29 is 13.3 Å². The fourth-order valence-corrected chi connectivity index (χ4v) is 3.98. The van der Waals surface area contributed by atoms with Gasteiger partial charge in [0.15, 0.2) is 0 Å². The molecule has 0 spiro atoms. The molecular formula is C20H28O3Si. The van der Waals surface area contributed by atoms with Crippen molar-refractivity contribution in [1.82, 2.24) is 0 Å². The summed E-state index contributed by atoms with van der Waals surface area (Å²) in [5.74, 6) is 0.408. The highest BCUT2D eigenvalue weighted by Crippen LogP contribution is 2.16. The van der Waals surface area contributed by atoms with Gasteiger partial charge in [0.1, 0.15) is 0 Å². The molecule has 2 aromatic rings. The molecule has 0 saturated heterocycles. The first-order chi connectivity index (χ1) is 11.8. The van der Waals surface area contributed by atoms with Crippen LogP contribution in [0.3, 0.4) is 0 Å². The largest absolute Gasteiger partial charge is 0.484 e. The lowest BCUT2D eigenvalue weighted by Gasteiger charge is -2.21. The van der Waals surface area contributed by atoms with E-state index in [1.165, 1.54) is 11.1 Å². The van der Waals surface area contributed by atoms with Gasteiger partial charge in [0, 0.05) is 19.8 Å². The summed E-state index contributed by atoms with van der Waals surface area (Å²) >= 11 is 0. The number of rotatable bonds is 11. The fourth-order valence-electron chi connectivity index (χ4n) is 2.72. The molecule has 2 aromatic carbocycles. The first kappa shape index (κ1) is 18.9. The second-order valence-electron chi connectivity index (χ2n) is 5.78. The molecule has 0 amide bonds. The molecule has 0 saturated carbocycles. The number of hydrogen-bond acceptors (Lipinski definition) is 3. The van der Waals surface area contributed by atoms with Crippen LogP contribution in [-0.2, 0) is 26.1 Å². The average molecular weight is 345 g/mol. The van der Waals surface area contributed by atoms with E-state index in [0.717, 1.165) is 12.8 Å². The maximum absolute atomic E-state index is 6.02. The van der Waals surface area contributed by atoms with Crippen molar-refractivity contribution in [3.05, 3.63) is 71.8 Å². The first-order valence-corrected chi connectivity index (χ1v) is 10.2. The van der Waals surface area contributed by atoms with E-state index in [1.807, 2.05) is 13.8 Å². The topological polar surface area (TPSA) is 27.7 Å². The van der Waals surface area contributed by atoms with Crippen molar-refractivity contribution in [3.8, 4) is 0 Å². The minimum atomic E-state index is -2.01. The van der Waals surface area contributed by atoms with E-state index in [-0.39, 0.29) is 0 Å². The van der Waals surface area contributed by atoms with Crippen molar-refractivity contribution in [2.45, 2.75) is 26.7 Å². The summed E-state index contributed by atoms with van der Waals surface area (Å²) in [5, 5.41) is 0. The Hall–Kier alpha value is -1.46. The predicted molar refractivity (Wildman–Crippen MR) is 100 cm³/mol. The molecule has 0 fully saturated rings. The molecule has 0 aliphatic carbocycles. The first-order valence-electron chi connectivity index (χ1n) is 8.74. The fraction of sp³-hybridized carbons (Fsp3) is 0.400. The summed E-state index contributed by atoms with van der Waals surface area (Å²) in [6, 6.07) is 21.2. The van der Waals surface area contributed by atoms with Gasteiger partial charge >= 0.3 is 9.53 Å². The second-order valence-corrected chi connectivity index (χ2v) is 7.36. The van der Waals surface area contributed by atoms with E-state index in [4.69, 9.17) is 13.3 Å². The van der Waals surface area contributed by atoms with E-state index >= 15 is 0 Å². The third-order valence-corrected chi connectivity index (χ3v) is 5.48. The van der Waals surface area contributed by atoms with Crippen LogP contribution in [0.5, 0.6) is 0 Å².